The van der Waals surface area contributed by atoms with E-state index in [2.05, 4.69) is 0 Å². The molecule has 2 aromatic carbocycles. The summed E-state index contributed by atoms with van der Waals surface area (Å²) in [6.45, 7) is 3.89. The van der Waals surface area contributed by atoms with Crippen LogP contribution in [-0.4, -0.2) is 16.2 Å². The van der Waals surface area contributed by atoms with Gasteiger partial charge in [-0.25, -0.2) is 4.79 Å². The number of carboxylic acid groups (broad SMARTS) is 1. The summed E-state index contributed by atoms with van der Waals surface area (Å²) in [7, 11) is 0. The maximum atomic E-state index is 11.1. The molecule has 0 saturated carbocycles. The lowest BCUT2D eigenvalue weighted by molar-refractivity contribution is 0.0317. The molecule has 0 bridgehead atoms. The van der Waals surface area contributed by atoms with E-state index in [9.17, 15) is 9.90 Å². The van der Waals surface area contributed by atoms with E-state index in [1.54, 1.807) is 12.1 Å². The van der Waals surface area contributed by atoms with Gasteiger partial charge in [0.05, 0.1) is 5.56 Å². The Morgan fingerprint density at radius 2 is 1.45 bits per heavy atom. The first-order valence-electron chi connectivity index (χ1n) is 6.58. The Hall–Kier alpha value is -2.13. The zero-order valence-corrected chi connectivity index (χ0v) is 11.6. The van der Waals surface area contributed by atoms with Crippen molar-refractivity contribution in [2.75, 3.05) is 0 Å². The highest BCUT2D eigenvalue weighted by atomic mass is 16.4. The molecule has 0 aliphatic heterocycles. The number of carbonyl (C=O) groups is 1. The van der Waals surface area contributed by atoms with Crippen LogP contribution in [0.3, 0.4) is 0 Å². The molecule has 2 aromatic rings. The van der Waals surface area contributed by atoms with Crippen LogP contribution in [0, 0.1) is 5.92 Å². The molecule has 1 atom stereocenters. The zero-order valence-electron chi connectivity index (χ0n) is 11.6. The van der Waals surface area contributed by atoms with Gasteiger partial charge in [-0.15, -0.1) is 0 Å². The molecule has 0 spiro atoms. The molecule has 2 N–H and O–H groups in total. The predicted octanol–water partition coefficient (Wildman–Crippen LogP) is 3.28. The van der Waals surface area contributed by atoms with E-state index in [0.29, 0.717) is 5.56 Å². The van der Waals surface area contributed by atoms with Crippen LogP contribution in [0.2, 0.25) is 0 Å². The third-order valence-electron chi connectivity index (χ3n) is 3.62. The van der Waals surface area contributed by atoms with Crippen molar-refractivity contribution in [1.29, 1.82) is 0 Å². The van der Waals surface area contributed by atoms with Crippen molar-refractivity contribution in [1.82, 2.24) is 0 Å². The van der Waals surface area contributed by atoms with Crippen LogP contribution in [0.15, 0.2) is 54.6 Å². The van der Waals surface area contributed by atoms with Crippen LogP contribution in [0.5, 0.6) is 0 Å². The highest BCUT2D eigenvalue weighted by molar-refractivity contribution is 5.87. The number of carboxylic acids is 1. The summed E-state index contributed by atoms with van der Waals surface area (Å²) in [5.74, 6) is -1.01. The number of rotatable bonds is 4. The van der Waals surface area contributed by atoms with E-state index in [-0.39, 0.29) is 11.5 Å². The standard InChI is InChI=1S/C17H18O3/c1-12(2)17(20,14-6-4-3-5-7-14)15-10-8-13(9-11-15)16(18)19/h3-12,20H,1-2H3,(H,18,19). The van der Waals surface area contributed by atoms with Crippen molar-refractivity contribution < 1.29 is 15.0 Å². The quantitative estimate of drug-likeness (QED) is 0.896. The fraction of sp³-hybridized carbons (Fsp3) is 0.235. The number of benzene rings is 2. The van der Waals surface area contributed by atoms with Gasteiger partial charge in [0.25, 0.3) is 0 Å². The molecule has 1 unspecified atom stereocenters. The SMILES string of the molecule is CC(C)C(O)(c1ccccc1)c1ccc(C(=O)O)cc1. The summed E-state index contributed by atoms with van der Waals surface area (Å²) in [6.07, 6.45) is 0. The van der Waals surface area contributed by atoms with Gasteiger partial charge >= 0.3 is 5.97 Å². The molecule has 2 rings (SSSR count). The molecule has 0 heterocycles. The number of hydrogen-bond acceptors (Lipinski definition) is 2. The minimum Gasteiger partial charge on any atom is -0.478 e. The van der Waals surface area contributed by atoms with Gasteiger partial charge in [-0.2, -0.15) is 0 Å². The lowest BCUT2D eigenvalue weighted by atomic mass is 9.77. The zero-order chi connectivity index (χ0) is 14.8. The fourth-order valence-electron chi connectivity index (χ4n) is 2.39. The normalized spacial score (nSPS) is 14.0. The molecule has 0 saturated heterocycles. The van der Waals surface area contributed by atoms with Gasteiger partial charge in [0.15, 0.2) is 0 Å². The maximum Gasteiger partial charge on any atom is 0.335 e. The van der Waals surface area contributed by atoms with Crippen molar-refractivity contribution in [2.24, 2.45) is 5.92 Å². The highest BCUT2D eigenvalue weighted by Crippen LogP contribution is 2.36. The molecule has 0 radical (unpaired) electrons. The Bertz CT molecular complexity index is 587. The largest absolute Gasteiger partial charge is 0.478 e. The number of aromatic carboxylic acids is 1. The van der Waals surface area contributed by atoms with Crippen LogP contribution in [0.1, 0.15) is 35.3 Å². The summed E-state index contributed by atoms with van der Waals surface area (Å²) in [6, 6.07) is 15.8. The van der Waals surface area contributed by atoms with Gasteiger partial charge in [0.2, 0.25) is 0 Å². The Kier molecular flexibility index (Phi) is 3.91. The fourth-order valence-corrected chi connectivity index (χ4v) is 2.39. The van der Waals surface area contributed by atoms with E-state index in [1.165, 1.54) is 12.1 Å². The first-order chi connectivity index (χ1) is 9.46. The van der Waals surface area contributed by atoms with Crippen molar-refractivity contribution in [3.8, 4) is 0 Å². The average Bonchev–Trinajstić information content (AvgIpc) is 2.47. The lowest BCUT2D eigenvalue weighted by Gasteiger charge is -2.33. The molecule has 3 nitrogen and oxygen atoms in total. The van der Waals surface area contributed by atoms with Crippen LogP contribution in [0.4, 0.5) is 0 Å². The molecule has 3 heteroatoms. The van der Waals surface area contributed by atoms with Gasteiger partial charge in [-0.1, -0.05) is 56.3 Å². The minimum absolute atomic E-state index is 0.0411. The second-order valence-corrected chi connectivity index (χ2v) is 5.17. The molecule has 0 aliphatic rings. The average molecular weight is 270 g/mol. The second-order valence-electron chi connectivity index (χ2n) is 5.17. The molecule has 0 aliphatic carbocycles. The molecule has 0 aromatic heterocycles. The van der Waals surface area contributed by atoms with Crippen LogP contribution >= 0.6 is 0 Å². The van der Waals surface area contributed by atoms with Crippen LogP contribution in [-0.2, 0) is 5.60 Å². The summed E-state index contributed by atoms with van der Waals surface area (Å²) in [5.41, 5.74) is 0.591. The second kappa shape index (κ2) is 5.47. The predicted molar refractivity (Wildman–Crippen MR) is 77.7 cm³/mol. The molecule has 20 heavy (non-hydrogen) atoms. The third kappa shape index (κ3) is 2.45. The Morgan fingerprint density at radius 1 is 0.950 bits per heavy atom. The van der Waals surface area contributed by atoms with E-state index >= 15 is 0 Å². The van der Waals surface area contributed by atoms with Crippen LogP contribution < -0.4 is 0 Å². The Morgan fingerprint density at radius 3 is 1.90 bits per heavy atom. The topological polar surface area (TPSA) is 57.5 Å². The summed E-state index contributed by atoms with van der Waals surface area (Å²) < 4.78 is 0. The molecular weight excluding hydrogens is 252 g/mol. The van der Waals surface area contributed by atoms with E-state index in [0.717, 1.165) is 5.56 Å². The first-order valence-corrected chi connectivity index (χ1v) is 6.58. The van der Waals surface area contributed by atoms with Gasteiger partial charge in [-0.05, 0) is 29.2 Å². The van der Waals surface area contributed by atoms with E-state index in [1.807, 2.05) is 44.2 Å². The lowest BCUT2D eigenvalue weighted by Crippen LogP contribution is -2.33. The highest BCUT2D eigenvalue weighted by Gasteiger charge is 2.34. The summed E-state index contributed by atoms with van der Waals surface area (Å²) in [5, 5.41) is 20.1. The van der Waals surface area contributed by atoms with Crippen molar-refractivity contribution in [3.05, 3.63) is 71.3 Å². The number of hydrogen-bond donors (Lipinski definition) is 2. The van der Waals surface area contributed by atoms with Gasteiger partial charge < -0.3 is 10.2 Å². The molecular formula is C17H18O3. The first kappa shape index (κ1) is 14.3. The van der Waals surface area contributed by atoms with Gasteiger partial charge in [0.1, 0.15) is 5.60 Å². The molecule has 104 valence electrons. The number of aliphatic hydroxyl groups is 1. The monoisotopic (exact) mass is 270 g/mol. The van der Waals surface area contributed by atoms with Gasteiger partial charge in [-0.3, -0.25) is 0 Å². The van der Waals surface area contributed by atoms with Crippen molar-refractivity contribution in [2.45, 2.75) is 19.4 Å². The molecule has 0 amide bonds. The Balaban J connectivity index is 2.51. The summed E-state index contributed by atoms with van der Waals surface area (Å²) in [4.78, 5) is 10.9. The van der Waals surface area contributed by atoms with E-state index in [4.69, 9.17) is 5.11 Å². The summed E-state index contributed by atoms with van der Waals surface area (Å²) >= 11 is 0. The minimum atomic E-state index is -1.13. The smallest absolute Gasteiger partial charge is 0.335 e. The van der Waals surface area contributed by atoms with Crippen molar-refractivity contribution in [3.63, 3.8) is 0 Å². The maximum absolute atomic E-state index is 11.1. The van der Waals surface area contributed by atoms with E-state index < -0.39 is 11.6 Å². The van der Waals surface area contributed by atoms with Crippen LogP contribution in [0.25, 0.3) is 0 Å². The van der Waals surface area contributed by atoms with Crippen molar-refractivity contribution >= 4 is 5.97 Å². The van der Waals surface area contributed by atoms with Gasteiger partial charge in [0, 0.05) is 0 Å². The third-order valence-corrected chi connectivity index (χ3v) is 3.62. The molecule has 0 fully saturated rings. The Labute approximate surface area is 118 Å².